The van der Waals surface area contributed by atoms with Crippen molar-refractivity contribution in [2.24, 2.45) is 0 Å². The lowest BCUT2D eigenvalue weighted by Gasteiger charge is -2.11. The predicted molar refractivity (Wildman–Crippen MR) is 114 cm³/mol. The molecule has 1 amide bonds. The Morgan fingerprint density at radius 3 is 2.15 bits per heavy atom. The molecule has 9 nitrogen and oxygen atoms in total. The van der Waals surface area contributed by atoms with Gasteiger partial charge in [0.1, 0.15) is 5.82 Å². The smallest absolute Gasteiger partial charge is 0.340 e. The molecule has 0 aliphatic carbocycles. The Balaban J connectivity index is 1.72. The SMILES string of the molecule is COC(=O)c1cc(NC(=O)COC(=O)c2cc3ccc(F)cc3nc2C)cc(C(=O)OC)c1. The molecule has 0 saturated carbocycles. The van der Waals surface area contributed by atoms with Crippen LogP contribution in [0, 0.1) is 12.7 Å². The zero-order valence-electron chi connectivity index (χ0n) is 17.9. The summed E-state index contributed by atoms with van der Waals surface area (Å²) in [5, 5.41) is 2.98. The van der Waals surface area contributed by atoms with Crippen molar-refractivity contribution in [3.8, 4) is 0 Å². The van der Waals surface area contributed by atoms with Gasteiger partial charge < -0.3 is 19.5 Å². The van der Waals surface area contributed by atoms with E-state index >= 15 is 0 Å². The number of carbonyl (C=O) groups excluding carboxylic acids is 4. The first-order chi connectivity index (χ1) is 15.7. The standard InChI is InChI=1S/C23H19FN2O7/c1-12-18(9-13-4-5-16(24)10-19(13)25-12)23(30)33-11-20(27)26-17-7-14(21(28)31-2)6-15(8-17)22(29)32-3/h4-10H,11H2,1-3H3,(H,26,27). The van der Waals surface area contributed by atoms with Crippen molar-refractivity contribution in [1.82, 2.24) is 4.98 Å². The van der Waals surface area contributed by atoms with E-state index in [-0.39, 0.29) is 22.4 Å². The van der Waals surface area contributed by atoms with E-state index in [1.165, 1.54) is 56.7 Å². The van der Waals surface area contributed by atoms with E-state index in [1.807, 2.05) is 0 Å². The van der Waals surface area contributed by atoms with E-state index in [1.54, 1.807) is 6.92 Å². The number of methoxy groups -OCH3 is 2. The molecular formula is C23H19FN2O7. The van der Waals surface area contributed by atoms with Crippen LogP contribution in [0.4, 0.5) is 10.1 Å². The van der Waals surface area contributed by atoms with Gasteiger partial charge in [-0.15, -0.1) is 0 Å². The van der Waals surface area contributed by atoms with E-state index in [0.717, 1.165) is 0 Å². The van der Waals surface area contributed by atoms with E-state index in [0.29, 0.717) is 16.6 Å². The van der Waals surface area contributed by atoms with Crippen molar-refractivity contribution >= 4 is 40.4 Å². The van der Waals surface area contributed by atoms with Gasteiger partial charge in [-0.25, -0.2) is 18.8 Å². The first-order valence-corrected chi connectivity index (χ1v) is 9.57. The highest BCUT2D eigenvalue weighted by molar-refractivity contribution is 6.01. The largest absolute Gasteiger partial charge is 0.465 e. The number of pyridine rings is 1. The number of amides is 1. The molecule has 33 heavy (non-hydrogen) atoms. The summed E-state index contributed by atoms with van der Waals surface area (Å²) >= 11 is 0. The number of halogens is 1. The third-order valence-electron chi connectivity index (χ3n) is 4.58. The number of aryl methyl sites for hydroxylation is 1. The lowest BCUT2D eigenvalue weighted by Crippen LogP contribution is -2.22. The molecule has 0 bridgehead atoms. The number of carbonyl (C=O) groups is 4. The van der Waals surface area contributed by atoms with Crippen molar-refractivity contribution < 1.29 is 37.8 Å². The second-order valence-corrected chi connectivity index (χ2v) is 6.86. The molecule has 0 aliphatic rings. The van der Waals surface area contributed by atoms with Gasteiger partial charge in [0.05, 0.1) is 42.1 Å². The first kappa shape index (κ1) is 23.3. The Labute approximate surface area is 187 Å². The monoisotopic (exact) mass is 454 g/mol. The molecule has 1 aromatic heterocycles. The second-order valence-electron chi connectivity index (χ2n) is 6.86. The fraction of sp³-hybridized carbons (Fsp3) is 0.174. The van der Waals surface area contributed by atoms with E-state index in [2.05, 4.69) is 19.8 Å². The normalized spacial score (nSPS) is 10.4. The number of nitrogens with zero attached hydrogens (tertiary/aromatic N) is 1. The van der Waals surface area contributed by atoms with Crippen LogP contribution in [0.1, 0.15) is 36.8 Å². The summed E-state index contributed by atoms with van der Waals surface area (Å²) < 4.78 is 27.7. The molecular weight excluding hydrogens is 435 g/mol. The molecule has 1 N–H and O–H groups in total. The molecule has 0 fully saturated rings. The summed E-state index contributed by atoms with van der Waals surface area (Å²) in [4.78, 5) is 52.7. The number of anilines is 1. The van der Waals surface area contributed by atoms with Gasteiger partial charge in [0, 0.05) is 17.1 Å². The van der Waals surface area contributed by atoms with Gasteiger partial charge in [-0.2, -0.15) is 0 Å². The van der Waals surface area contributed by atoms with Crippen LogP contribution >= 0.6 is 0 Å². The van der Waals surface area contributed by atoms with Crippen LogP contribution in [0.2, 0.25) is 0 Å². The quantitative estimate of drug-likeness (QED) is 0.446. The van der Waals surface area contributed by atoms with Gasteiger partial charge in [-0.3, -0.25) is 9.78 Å². The van der Waals surface area contributed by atoms with Gasteiger partial charge in [0.25, 0.3) is 5.91 Å². The fourth-order valence-electron chi connectivity index (χ4n) is 3.02. The minimum absolute atomic E-state index is 0.0157. The first-order valence-electron chi connectivity index (χ1n) is 9.57. The maximum absolute atomic E-state index is 13.4. The van der Waals surface area contributed by atoms with Crippen molar-refractivity contribution in [2.75, 3.05) is 26.1 Å². The minimum Gasteiger partial charge on any atom is -0.465 e. The Morgan fingerprint density at radius 2 is 1.55 bits per heavy atom. The summed E-state index contributed by atoms with van der Waals surface area (Å²) in [7, 11) is 2.34. The van der Waals surface area contributed by atoms with Crippen molar-refractivity contribution in [3.63, 3.8) is 0 Å². The summed E-state index contributed by atoms with van der Waals surface area (Å²) in [6.07, 6.45) is 0. The van der Waals surface area contributed by atoms with Crippen molar-refractivity contribution in [3.05, 3.63) is 70.7 Å². The summed E-state index contributed by atoms with van der Waals surface area (Å²) in [5.41, 5.74) is 0.956. The molecule has 1 heterocycles. The van der Waals surface area contributed by atoms with Crippen LogP contribution in [0.5, 0.6) is 0 Å². The van der Waals surface area contributed by atoms with Gasteiger partial charge in [-0.1, -0.05) is 0 Å². The molecule has 0 radical (unpaired) electrons. The summed E-state index contributed by atoms with van der Waals surface area (Å²) in [6.45, 7) is 0.920. The highest BCUT2D eigenvalue weighted by Gasteiger charge is 2.17. The zero-order valence-corrected chi connectivity index (χ0v) is 17.9. The van der Waals surface area contributed by atoms with Gasteiger partial charge in [-0.05, 0) is 43.3 Å². The predicted octanol–water partition coefficient (Wildman–Crippen LogP) is 3.05. The molecule has 170 valence electrons. The molecule has 3 aromatic rings. The lowest BCUT2D eigenvalue weighted by atomic mass is 10.1. The maximum Gasteiger partial charge on any atom is 0.340 e. The number of benzene rings is 2. The topological polar surface area (TPSA) is 121 Å². The molecule has 0 saturated heterocycles. The van der Waals surface area contributed by atoms with Gasteiger partial charge in [0.15, 0.2) is 6.61 Å². The molecule has 10 heteroatoms. The number of hydrogen-bond acceptors (Lipinski definition) is 8. The third-order valence-corrected chi connectivity index (χ3v) is 4.58. The Hall–Kier alpha value is -4.34. The lowest BCUT2D eigenvalue weighted by molar-refractivity contribution is -0.119. The Bertz CT molecular complexity index is 1240. The summed E-state index contributed by atoms with van der Waals surface area (Å²) in [6, 6.07) is 9.33. The number of aromatic nitrogens is 1. The number of hydrogen-bond donors (Lipinski definition) is 1. The molecule has 0 aliphatic heterocycles. The maximum atomic E-state index is 13.4. The number of ether oxygens (including phenoxy) is 3. The van der Waals surface area contributed by atoms with E-state index in [9.17, 15) is 23.6 Å². The Morgan fingerprint density at radius 1 is 0.909 bits per heavy atom. The zero-order chi connectivity index (χ0) is 24.1. The minimum atomic E-state index is -0.792. The van der Waals surface area contributed by atoms with Crippen LogP contribution in [0.25, 0.3) is 10.9 Å². The average Bonchev–Trinajstić information content (AvgIpc) is 2.80. The van der Waals surface area contributed by atoms with Crippen LogP contribution in [-0.4, -0.2) is 49.6 Å². The van der Waals surface area contributed by atoms with Crippen LogP contribution in [-0.2, 0) is 19.0 Å². The number of rotatable bonds is 6. The van der Waals surface area contributed by atoms with E-state index < -0.39 is 36.2 Å². The van der Waals surface area contributed by atoms with Gasteiger partial charge in [0.2, 0.25) is 0 Å². The number of nitrogens with one attached hydrogen (secondary N) is 1. The number of esters is 3. The second kappa shape index (κ2) is 9.86. The van der Waals surface area contributed by atoms with Crippen molar-refractivity contribution in [1.29, 1.82) is 0 Å². The highest BCUT2D eigenvalue weighted by Crippen LogP contribution is 2.19. The average molecular weight is 454 g/mol. The van der Waals surface area contributed by atoms with Crippen LogP contribution in [0.15, 0.2) is 42.5 Å². The van der Waals surface area contributed by atoms with Crippen LogP contribution < -0.4 is 5.32 Å². The van der Waals surface area contributed by atoms with Gasteiger partial charge >= 0.3 is 17.9 Å². The molecule has 0 spiro atoms. The highest BCUT2D eigenvalue weighted by atomic mass is 19.1. The Kier molecular flexibility index (Phi) is 6.97. The molecule has 3 rings (SSSR count). The third kappa shape index (κ3) is 5.48. The van der Waals surface area contributed by atoms with E-state index in [4.69, 9.17) is 4.74 Å². The van der Waals surface area contributed by atoms with Crippen LogP contribution in [0.3, 0.4) is 0 Å². The fourth-order valence-corrected chi connectivity index (χ4v) is 3.02. The molecule has 0 atom stereocenters. The molecule has 0 unspecified atom stereocenters. The summed E-state index contributed by atoms with van der Waals surface area (Å²) in [5.74, 6) is -3.40. The number of fused-ring (bicyclic) bond motifs is 1. The van der Waals surface area contributed by atoms with Crippen molar-refractivity contribution in [2.45, 2.75) is 6.92 Å². The molecule has 2 aromatic carbocycles.